The first-order valence-electron chi connectivity index (χ1n) is 7.97. The second-order valence-corrected chi connectivity index (χ2v) is 7.54. The molecule has 134 valence electrons. The molecule has 0 radical (unpaired) electrons. The van der Waals surface area contributed by atoms with Crippen LogP contribution in [0.2, 0.25) is 0 Å². The van der Waals surface area contributed by atoms with E-state index in [1.807, 2.05) is 37.3 Å². The Balaban J connectivity index is 2.10. The first-order valence-corrected chi connectivity index (χ1v) is 9.82. The van der Waals surface area contributed by atoms with Crippen LogP contribution in [0.3, 0.4) is 0 Å². The van der Waals surface area contributed by atoms with Gasteiger partial charge in [-0.2, -0.15) is 4.31 Å². The quantitative estimate of drug-likeness (QED) is 0.783. The van der Waals surface area contributed by atoms with Gasteiger partial charge in [0.05, 0.1) is 18.5 Å². The van der Waals surface area contributed by atoms with Crippen LogP contribution in [0, 0.1) is 0 Å². The maximum absolute atomic E-state index is 12.3. The standard InChI is InChI=1S/C18H22N2O4S/c1-3-13-20(25(2,22)23)14-18(21)19-16-11-7-8-12-17(16)24-15-9-5-4-6-10-15/h4-12H,3,13-14H2,1-2H3,(H,19,21). The topological polar surface area (TPSA) is 75.7 Å². The molecule has 0 saturated heterocycles. The van der Waals surface area contributed by atoms with Crippen molar-refractivity contribution in [2.45, 2.75) is 13.3 Å². The van der Waals surface area contributed by atoms with Crippen LogP contribution in [0.1, 0.15) is 13.3 Å². The smallest absolute Gasteiger partial charge is 0.239 e. The van der Waals surface area contributed by atoms with Gasteiger partial charge in [-0.1, -0.05) is 37.3 Å². The molecule has 2 rings (SSSR count). The number of anilines is 1. The van der Waals surface area contributed by atoms with Gasteiger partial charge in [-0.15, -0.1) is 0 Å². The fourth-order valence-corrected chi connectivity index (χ4v) is 3.10. The van der Waals surface area contributed by atoms with Crippen molar-refractivity contribution in [3.05, 3.63) is 54.6 Å². The number of hydrogen-bond donors (Lipinski definition) is 1. The summed E-state index contributed by atoms with van der Waals surface area (Å²) in [7, 11) is -3.43. The van der Waals surface area contributed by atoms with Crippen molar-refractivity contribution >= 4 is 21.6 Å². The Labute approximate surface area is 148 Å². The highest BCUT2D eigenvalue weighted by atomic mass is 32.2. The number of carbonyl (C=O) groups excluding carboxylic acids is 1. The van der Waals surface area contributed by atoms with Gasteiger partial charge in [-0.05, 0) is 30.7 Å². The van der Waals surface area contributed by atoms with Gasteiger partial charge in [0.2, 0.25) is 15.9 Å². The van der Waals surface area contributed by atoms with Gasteiger partial charge in [0.25, 0.3) is 0 Å². The fraction of sp³-hybridized carbons (Fsp3) is 0.278. The van der Waals surface area contributed by atoms with Gasteiger partial charge in [0, 0.05) is 6.54 Å². The average Bonchev–Trinajstić information content (AvgIpc) is 2.56. The Hall–Kier alpha value is -2.38. The lowest BCUT2D eigenvalue weighted by atomic mass is 10.3. The van der Waals surface area contributed by atoms with E-state index in [-0.39, 0.29) is 6.54 Å². The Morgan fingerprint density at radius 2 is 1.72 bits per heavy atom. The molecule has 0 aliphatic heterocycles. The number of nitrogens with zero attached hydrogens (tertiary/aromatic N) is 1. The monoisotopic (exact) mass is 362 g/mol. The number of para-hydroxylation sites is 3. The largest absolute Gasteiger partial charge is 0.455 e. The van der Waals surface area contributed by atoms with Crippen LogP contribution in [0.5, 0.6) is 11.5 Å². The number of hydrogen-bond acceptors (Lipinski definition) is 4. The summed E-state index contributed by atoms with van der Waals surface area (Å²) in [6.45, 7) is 1.93. The van der Waals surface area contributed by atoms with Gasteiger partial charge >= 0.3 is 0 Å². The van der Waals surface area contributed by atoms with Crippen molar-refractivity contribution in [1.82, 2.24) is 4.31 Å². The molecule has 7 heteroatoms. The summed E-state index contributed by atoms with van der Waals surface area (Å²) >= 11 is 0. The van der Waals surface area contributed by atoms with Crippen molar-refractivity contribution in [1.29, 1.82) is 0 Å². The molecule has 1 N–H and O–H groups in total. The van der Waals surface area contributed by atoms with Crippen LogP contribution in [-0.2, 0) is 14.8 Å². The van der Waals surface area contributed by atoms with E-state index >= 15 is 0 Å². The number of amides is 1. The van der Waals surface area contributed by atoms with E-state index in [2.05, 4.69) is 5.32 Å². The predicted molar refractivity (Wildman–Crippen MR) is 98.3 cm³/mol. The normalized spacial score (nSPS) is 11.3. The van der Waals surface area contributed by atoms with E-state index in [0.29, 0.717) is 30.2 Å². The lowest BCUT2D eigenvalue weighted by Crippen LogP contribution is -2.37. The summed E-state index contributed by atoms with van der Waals surface area (Å²) in [5, 5.41) is 2.72. The Bertz CT molecular complexity index is 807. The van der Waals surface area contributed by atoms with Crippen molar-refractivity contribution in [2.75, 3.05) is 24.7 Å². The minimum atomic E-state index is -3.43. The van der Waals surface area contributed by atoms with Gasteiger partial charge in [0.1, 0.15) is 5.75 Å². The van der Waals surface area contributed by atoms with E-state index in [1.165, 1.54) is 0 Å². The second kappa shape index (κ2) is 8.64. The maximum atomic E-state index is 12.3. The van der Waals surface area contributed by atoms with Gasteiger partial charge in [-0.3, -0.25) is 4.79 Å². The molecule has 0 atom stereocenters. The average molecular weight is 362 g/mol. The zero-order chi connectivity index (χ0) is 18.3. The number of carbonyl (C=O) groups is 1. The number of nitrogens with one attached hydrogen (secondary N) is 1. The summed E-state index contributed by atoms with van der Waals surface area (Å²) in [6.07, 6.45) is 1.73. The summed E-state index contributed by atoms with van der Waals surface area (Å²) < 4.78 is 30.4. The molecule has 0 fully saturated rings. The molecule has 0 unspecified atom stereocenters. The third-order valence-corrected chi connectivity index (χ3v) is 4.64. The van der Waals surface area contributed by atoms with E-state index in [9.17, 15) is 13.2 Å². The molecule has 0 aliphatic rings. The molecule has 0 aromatic heterocycles. The lowest BCUT2D eigenvalue weighted by molar-refractivity contribution is -0.116. The summed E-state index contributed by atoms with van der Waals surface area (Å²) in [5.41, 5.74) is 0.487. The fourth-order valence-electron chi connectivity index (χ4n) is 2.24. The van der Waals surface area contributed by atoms with E-state index in [0.717, 1.165) is 10.6 Å². The molecule has 6 nitrogen and oxygen atoms in total. The maximum Gasteiger partial charge on any atom is 0.239 e. The molecule has 0 saturated carbocycles. The first kappa shape index (κ1) is 19.0. The highest BCUT2D eigenvalue weighted by molar-refractivity contribution is 7.88. The lowest BCUT2D eigenvalue weighted by Gasteiger charge is -2.19. The van der Waals surface area contributed by atoms with Gasteiger partial charge in [-0.25, -0.2) is 8.42 Å². The molecular weight excluding hydrogens is 340 g/mol. The molecule has 2 aromatic carbocycles. The number of sulfonamides is 1. The van der Waals surface area contributed by atoms with Crippen LogP contribution < -0.4 is 10.1 Å². The van der Waals surface area contributed by atoms with Crippen molar-refractivity contribution in [3.8, 4) is 11.5 Å². The van der Waals surface area contributed by atoms with E-state index in [1.54, 1.807) is 24.3 Å². The molecule has 0 heterocycles. The molecule has 0 bridgehead atoms. The summed E-state index contributed by atoms with van der Waals surface area (Å²) in [4.78, 5) is 12.3. The molecule has 0 spiro atoms. The van der Waals surface area contributed by atoms with Crippen LogP contribution in [0.15, 0.2) is 54.6 Å². The number of rotatable bonds is 8. The van der Waals surface area contributed by atoms with Crippen molar-refractivity contribution in [2.24, 2.45) is 0 Å². The minimum Gasteiger partial charge on any atom is -0.455 e. The van der Waals surface area contributed by atoms with E-state index in [4.69, 9.17) is 4.74 Å². The third-order valence-electron chi connectivity index (χ3n) is 3.39. The van der Waals surface area contributed by atoms with Gasteiger partial charge < -0.3 is 10.1 Å². The third kappa shape index (κ3) is 5.88. The Morgan fingerprint density at radius 3 is 2.36 bits per heavy atom. The minimum absolute atomic E-state index is 0.230. The Morgan fingerprint density at radius 1 is 1.08 bits per heavy atom. The first-order chi connectivity index (χ1) is 11.9. The highest BCUT2D eigenvalue weighted by Gasteiger charge is 2.19. The highest BCUT2D eigenvalue weighted by Crippen LogP contribution is 2.29. The zero-order valence-electron chi connectivity index (χ0n) is 14.3. The van der Waals surface area contributed by atoms with Crippen molar-refractivity contribution < 1.29 is 17.9 Å². The molecular formula is C18H22N2O4S. The predicted octanol–water partition coefficient (Wildman–Crippen LogP) is 3.09. The summed E-state index contributed by atoms with van der Waals surface area (Å²) in [5.74, 6) is 0.722. The molecule has 25 heavy (non-hydrogen) atoms. The number of benzene rings is 2. The van der Waals surface area contributed by atoms with Crippen molar-refractivity contribution in [3.63, 3.8) is 0 Å². The zero-order valence-corrected chi connectivity index (χ0v) is 15.1. The molecule has 1 amide bonds. The van der Waals surface area contributed by atoms with Crippen LogP contribution in [0.25, 0.3) is 0 Å². The second-order valence-electron chi connectivity index (χ2n) is 5.56. The SMILES string of the molecule is CCCN(CC(=O)Nc1ccccc1Oc1ccccc1)S(C)(=O)=O. The number of ether oxygens (including phenoxy) is 1. The van der Waals surface area contributed by atoms with E-state index < -0.39 is 15.9 Å². The van der Waals surface area contributed by atoms with Crippen LogP contribution in [0.4, 0.5) is 5.69 Å². The van der Waals surface area contributed by atoms with Gasteiger partial charge in [0.15, 0.2) is 5.75 Å². The van der Waals surface area contributed by atoms with Crippen LogP contribution in [-0.4, -0.2) is 38.0 Å². The Kier molecular flexibility index (Phi) is 6.55. The van der Waals surface area contributed by atoms with Crippen LogP contribution >= 0.6 is 0 Å². The summed E-state index contributed by atoms with van der Waals surface area (Å²) in [6, 6.07) is 16.2. The molecule has 0 aliphatic carbocycles. The molecule has 2 aromatic rings.